The molecule has 0 fully saturated rings. The number of hydrogen-bond acceptors (Lipinski definition) is 5. The third-order valence-corrected chi connectivity index (χ3v) is 5.18. The van der Waals surface area contributed by atoms with E-state index in [1.54, 1.807) is 41.3 Å². The van der Waals surface area contributed by atoms with E-state index in [4.69, 9.17) is 16.3 Å². The van der Waals surface area contributed by atoms with Gasteiger partial charge in [-0.25, -0.2) is 4.39 Å². The van der Waals surface area contributed by atoms with Crippen molar-refractivity contribution in [3.8, 4) is 16.3 Å². The molecule has 0 atom stereocenters. The first-order valence-corrected chi connectivity index (χ1v) is 10.0. The summed E-state index contributed by atoms with van der Waals surface area (Å²) in [5.41, 5.74) is 0.629. The largest absolute Gasteiger partial charge is 0.484 e. The van der Waals surface area contributed by atoms with Crippen molar-refractivity contribution >= 4 is 34.0 Å². The van der Waals surface area contributed by atoms with Crippen LogP contribution in [0.15, 0.2) is 48.5 Å². The number of anilines is 1. The maximum Gasteiger partial charge on any atom is 0.266 e. The number of hydrogen-bond donors (Lipinski definition) is 0. The summed E-state index contributed by atoms with van der Waals surface area (Å²) in [5.74, 6) is 0.000720. The zero-order valence-corrected chi connectivity index (χ0v) is 16.8. The number of amides is 1. The van der Waals surface area contributed by atoms with Crippen molar-refractivity contribution in [1.29, 1.82) is 0 Å². The molecule has 0 aliphatic rings. The van der Waals surface area contributed by atoms with E-state index in [9.17, 15) is 9.18 Å². The van der Waals surface area contributed by atoms with E-state index in [-0.39, 0.29) is 18.3 Å². The topological polar surface area (TPSA) is 55.3 Å². The molecule has 1 amide bonds. The fourth-order valence-electron chi connectivity index (χ4n) is 2.46. The standard InChI is InChI=1S/C20H19ClFN3O2S/c1-2-3-11-25(18(26)13-27-17-9-7-15(21)8-10-17)20-24-23-19(28-20)14-5-4-6-16(22)12-14/h4-10,12H,2-3,11,13H2,1H3. The van der Waals surface area contributed by atoms with Crippen LogP contribution in [0, 0.1) is 5.82 Å². The molecule has 0 radical (unpaired) electrons. The Bertz CT molecular complexity index is 933. The number of ether oxygens (including phenoxy) is 1. The van der Waals surface area contributed by atoms with Crippen LogP contribution in [0.4, 0.5) is 9.52 Å². The Morgan fingerprint density at radius 3 is 2.71 bits per heavy atom. The van der Waals surface area contributed by atoms with Gasteiger partial charge in [-0.15, -0.1) is 10.2 Å². The normalized spacial score (nSPS) is 10.7. The second-order valence-corrected chi connectivity index (χ2v) is 7.43. The maximum atomic E-state index is 13.5. The van der Waals surface area contributed by atoms with Gasteiger partial charge in [-0.1, -0.05) is 48.4 Å². The molecule has 28 heavy (non-hydrogen) atoms. The Morgan fingerprint density at radius 1 is 1.21 bits per heavy atom. The molecule has 0 aliphatic heterocycles. The van der Waals surface area contributed by atoms with Crippen LogP contribution >= 0.6 is 22.9 Å². The van der Waals surface area contributed by atoms with Gasteiger partial charge in [0, 0.05) is 17.1 Å². The van der Waals surface area contributed by atoms with E-state index >= 15 is 0 Å². The summed E-state index contributed by atoms with van der Waals surface area (Å²) in [4.78, 5) is 14.3. The predicted octanol–water partition coefficient (Wildman–Crippen LogP) is 5.21. The Labute approximate surface area is 171 Å². The van der Waals surface area contributed by atoms with Gasteiger partial charge in [0.05, 0.1) is 0 Å². The van der Waals surface area contributed by atoms with Gasteiger partial charge >= 0.3 is 0 Å². The summed E-state index contributed by atoms with van der Waals surface area (Å²) in [7, 11) is 0. The zero-order valence-electron chi connectivity index (χ0n) is 15.3. The summed E-state index contributed by atoms with van der Waals surface area (Å²) in [6, 6.07) is 13.0. The molecule has 0 saturated carbocycles. The number of benzene rings is 2. The highest BCUT2D eigenvalue weighted by Gasteiger charge is 2.21. The highest BCUT2D eigenvalue weighted by atomic mass is 35.5. The van der Waals surface area contributed by atoms with Gasteiger partial charge in [-0.2, -0.15) is 0 Å². The minimum absolute atomic E-state index is 0.125. The Hall–Kier alpha value is -2.51. The first-order valence-electron chi connectivity index (χ1n) is 8.85. The number of carbonyl (C=O) groups excluding carboxylic acids is 1. The lowest BCUT2D eigenvalue weighted by molar-refractivity contribution is -0.120. The SMILES string of the molecule is CCCCN(C(=O)COc1ccc(Cl)cc1)c1nnc(-c2cccc(F)c2)s1. The van der Waals surface area contributed by atoms with Crippen LogP contribution in [0.1, 0.15) is 19.8 Å². The molecule has 146 valence electrons. The monoisotopic (exact) mass is 419 g/mol. The molecule has 0 spiro atoms. The van der Waals surface area contributed by atoms with Gasteiger partial charge in [0.25, 0.3) is 5.91 Å². The van der Waals surface area contributed by atoms with E-state index in [2.05, 4.69) is 10.2 Å². The molecule has 0 saturated heterocycles. The van der Waals surface area contributed by atoms with Crippen molar-refractivity contribution in [3.63, 3.8) is 0 Å². The molecule has 1 aromatic heterocycles. The molecule has 1 heterocycles. The zero-order chi connectivity index (χ0) is 19.9. The van der Waals surface area contributed by atoms with Crippen LogP contribution in [-0.4, -0.2) is 29.3 Å². The van der Waals surface area contributed by atoms with Gasteiger partial charge in [0.15, 0.2) is 6.61 Å². The van der Waals surface area contributed by atoms with Gasteiger partial charge in [0.2, 0.25) is 5.13 Å². The van der Waals surface area contributed by atoms with E-state index in [0.717, 1.165) is 12.8 Å². The van der Waals surface area contributed by atoms with Crippen molar-refractivity contribution in [1.82, 2.24) is 10.2 Å². The molecule has 8 heteroatoms. The average molecular weight is 420 g/mol. The van der Waals surface area contributed by atoms with Crippen LogP contribution < -0.4 is 9.64 Å². The minimum Gasteiger partial charge on any atom is -0.484 e. The number of unbranched alkanes of at least 4 members (excludes halogenated alkanes) is 1. The molecular weight excluding hydrogens is 401 g/mol. The highest BCUT2D eigenvalue weighted by molar-refractivity contribution is 7.18. The van der Waals surface area contributed by atoms with Crippen molar-refractivity contribution < 1.29 is 13.9 Å². The number of nitrogens with zero attached hydrogens (tertiary/aromatic N) is 3. The molecule has 0 bridgehead atoms. The van der Waals surface area contributed by atoms with E-state index in [1.807, 2.05) is 6.92 Å². The Balaban J connectivity index is 1.74. The first kappa shape index (κ1) is 20.2. The molecule has 3 rings (SSSR count). The molecule has 3 aromatic rings. The Kier molecular flexibility index (Phi) is 6.95. The summed E-state index contributed by atoms with van der Waals surface area (Å²) in [6.45, 7) is 2.43. The summed E-state index contributed by atoms with van der Waals surface area (Å²) < 4.78 is 19.0. The van der Waals surface area contributed by atoms with Crippen molar-refractivity contribution in [2.45, 2.75) is 19.8 Å². The third-order valence-electron chi connectivity index (χ3n) is 3.93. The molecule has 0 unspecified atom stereocenters. The molecule has 0 N–H and O–H groups in total. The second kappa shape index (κ2) is 9.61. The lowest BCUT2D eigenvalue weighted by Crippen LogP contribution is -2.35. The smallest absolute Gasteiger partial charge is 0.266 e. The van der Waals surface area contributed by atoms with E-state index in [0.29, 0.717) is 33.0 Å². The van der Waals surface area contributed by atoms with Crippen molar-refractivity contribution in [2.24, 2.45) is 0 Å². The fraction of sp³-hybridized carbons (Fsp3) is 0.250. The van der Waals surface area contributed by atoms with Crippen molar-refractivity contribution in [2.75, 3.05) is 18.1 Å². The lowest BCUT2D eigenvalue weighted by Gasteiger charge is -2.19. The van der Waals surface area contributed by atoms with E-state index < -0.39 is 0 Å². The van der Waals surface area contributed by atoms with Crippen LogP contribution in [0.3, 0.4) is 0 Å². The summed E-state index contributed by atoms with van der Waals surface area (Å²) in [5, 5.41) is 9.89. The highest BCUT2D eigenvalue weighted by Crippen LogP contribution is 2.29. The van der Waals surface area contributed by atoms with Gasteiger partial charge in [-0.3, -0.25) is 9.69 Å². The second-order valence-electron chi connectivity index (χ2n) is 6.04. The van der Waals surface area contributed by atoms with E-state index in [1.165, 1.54) is 23.5 Å². The summed E-state index contributed by atoms with van der Waals surface area (Å²) in [6.07, 6.45) is 1.75. The first-order chi connectivity index (χ1) is 13.6. The Morgan fingerprint density at radius 2 is 2.00 bits per heavy atom. The number of rotatable bonds is 8. The molecule has 0 aliphatic carbocycles. The molecular formula is C20H19ClFN3O2S. The lowest BCUT2D eigenvalue weighted by atomic mass is 10.2. The van der Waals surface area contributed by atoms with Gasteiger partial charge in [-0.05, 0) is 42.8 Å². The van der Waals surface area contributed by atoms with Crippen molar-refractivity contribution in [3.05, 3.63) is 59.4 Å². The van der Waals surface area contributed by atoms with Crippen LogP contribution in [0.25, 0.3) is 10.6 Å². The van der Waals surface area contributed by atoms with Crippen LogP contribution in [0.5, 0.6) is 5.75 Å². The maximum absolute atomic E-state index is 13.5. The predicted molar refractivity (Wildman–Crippen MR) is 110 cm³/mol. The third kappa shape index (κ3) is 5.27. The fourth-order valence-corrected chi connectivity index (χ4v) is 3.47. The van der Waals surface area contributed by atoms with Gasteiger partial charge in [0.1, 0.15) is 16.6 Å². The van der Waals surface area contributed by atoms with Crippen LogP contribution in [0.2, 0.25) is 5.02 Å². The number of halogens is 2. The molecule has 2 aromatic carbocycles. The number of aromatic nitrogens is 2. The van der Waals surface area contributed by atoms with Gasteiger partial charge < -0.3 is 4.74 Å². The number of carbonyl (C=O) groups is 1. The van der Waals surface area contributed by atoms with Crippen LogP contribution in [-0.2, 0) is 4.79 Å². The molecule has 5 nitrogen and oxygen atoms in total. The minimum atomic E-state index is -0.343. The summed E-state index contributed by atoms with van der Waals surface area (Å²) >= 11 is 7.11. The quantitative estimate of drug-likeness (QED) is 0.503. The average Bonchev–Trinajstić information content (AvgIpc) is 3.18.